The van der Waals surface area contributed by atoms with Gasteiger partial charge in [-0.2, -0.15) is 24.6 Å². The maximum absolute atomic E-state index is 5.90. The normalized spacial score (nSPS) is 10.6. The van der Waals surface area contributed by atoms with E-state index in [9.17, 15) is 0 Å². The van der Waals surface area contributed by atoms with Gasteiger partial charge in [0.1, 0.15) is 13.2 Å². The predicted molar refractivity (Wildman–Crippen MR) is 109 cm³/mol. The number of hydrogen-bond acceptors (Lipinski definition) is 3. The van der Waals surface area contributed by atoms with Crippen LogP contribution in [0, 0.1) is 6.92 Å². The molecule has 0 radical (unpaired) electrons. The number of oxime groups is 1. The Morgan fingerprint density at radius 1 is 0.778 bits per heavy atom. The molecule has 0 saturated carbocycles. The Balaban J connectivity index is 0.00000126. The van der Waals surface area contributed by atoms with E-state index in [0.717, 1.165) is 22.3 Å². The first kappa shape index (κ1) is 21.2. The van der Waals surface area contributed by atoms with E-state index in [1.807, 2.05) is 84.9 Å². The average Bonchev–Trinajstić information content (AvgIpc) is 2.74. The van der Waals surface area contributed by atoms with Gasteiger partial charge in [0.05, 0.1) is 0 Å². The molecule has 0 aliphatic rings. The molecule has 0 fully saturated rings. The van der Waals surface area contributed by atoms with E-state index in [0.29, 0.717) is 19.1 Å². The maximum atomic E-state index is 5.90. The molecular formula is C22H20BrNO2Zn. The summed E-state index contributed by atoms with van der Waals surface area (Å²) < 4.78 is 5.90. The van der Waals surface area contributed by atoms with Gasteiger partial charge in [0.25, 0.3) is 5.90 Å². The topological polar surface area (TPSA) is 30.8 Å². The second-order valence-electron chi connectivity index (χ2n) is 5.63. The average molecular weight is 476 g/mol. The monoisotopic (exact) mass is 473 g/mol. The summed E-state index contributed by atoms with van der Waals surface area (Å²) in [6, 6.07) is 27.6. The number of nitrogens with zero attached hydrogens (tertiary/aromatic N) is 1. The molecule has 0 aliphatic carbocycles. The van der Waals surface area contributed by atoms with Gasteiger partial charge in [-0.25, -0.2) is 0 Å². The number of halogens is 1. The summed E-state index contributed by atoms with van der Waals surface area (Å²) in [5, 5.41) is 4.21. The first-order valence-corrected chi connectivity index (χ1v) is 15.4. The van der Waals surface area contributed by atoms with Gasteiger partial charge in [-0.3, -0.25) is 0 Å². The minimum absolute atomic E-state index is 0.395. The Kier molecular flexibility index (Phi) is 9.68. The van der Waals surface area contributed by atoms with Crippen molar-refractivity contribution in [3.8, 4) is 0 Å². The summed E-state index contributed by atoms with van der Waals surface area (Å²) in [6.45, 7) is 4.73. The van der Waals surface area contributed by atoms with E-state index in [-0.39, 0.29) is 0 Å². The van der Waals surface area contributed by atoms with Crippen LogP contribution in [0.4, 0.5) is 0 Å². The fourth-order valence-corrected chi connectivity index (χ4v) is 2.28. The molecule has 0 unspecified atom stereocenters. The Morgan fingerprint density at radius 2 is 1.30 bits per heavy atom. The molecule has 3 nitrogen and oxygen atoms in total. The molecule has 134 valence electrons. The van der Waals surface area contributed by atoms with Crippen molar-refractivity contribution in [1.29, 1.82) is 0 Å². The van der Waals surface area contributed by atoms with E-state index < -0.39 is 0 Å². The van der Waals surface area contributed by atoms with Crippen molar-refractivity contribution in [2.24, 2.45) is 5.16 Å². The van der Waals surface area contributed by atoms with Crippen molar-refractivity contribution in [3.63, 3.8) is 0 Å². The van der Waals surface area contributed by atoms with Crippen LogP contribution in [0.25, 0.3) is 0 Å². The number of benzene rings is 3. The summed E-state index contributed by atoms with van der Waals surface area (Å²) >= 11 is 4.25. The van der Waals surface area contributed by atoms with Crippen LogP contribution in [0.3, 0.4) is 0 Å². The van der Waals surface area contributed by atoms with Gasteiger partial charge in [0.15, 0.2) is 0 Å². The quantitative estimate of drug-likeness (QED) is 0.148. The molecule has 3 rings (SSSR count). The van der Waals surface area contributed by atoms with E-state index >= 15 is 0 Å². The molecule has 0 heterocycles. The van der Waals surface area contributed by atoms with Crippen molar-refractivity contribution < 1.29 is 25.9 Å². The molecule has 3 aromatic carbocycles. The molecule has 5 heteroatoms. The zero-order chi connectivity index (χ0) is 19.3. The molecule has 0 N–H and O–H groups in total. The summed E-state index contributed by atoms with van der Waals surface area (Å²) in [5.41, 5.74) is 3.93. The van der Waals surface area contributed by atoms with Crippen LogP contribution in [0.2, 0.25) is 0 Å². The van der Waals surface area contributed by atoms with E-state index in [1.165, 1.54) is 16.3 Å². The molecule has 0 aromatic heterocycles. The van der Waals surface area contributed by atoms with Crippen molar-refractivity contribution in [1.82, 2.24) is 0 Å². The summed E-state index contributed by atoms with van der Waals surface area (Å²) in [4.78, 5) is 5.50. The molecule has 0 saturated heterocycles. The van der Waals surface area contributed by atoms with Crippen LogP contribution in [0.15, 0.2) is 90.1 Å². The SMILES string of the molecule is [CH2-]c1ccc(/C(=N/OCc2ccccc2)OCc2ccccc2)cc1.[Zn+][Br]. The molecule has 0 atom stereocenters. The van der Waals surface area contributed by atoms with Gasteiger partial charge in [-0.15, -0.1) is 12.1 Å². The van der Waals surface area contributed by atoms with E-state index in [2.05, 4.69) is 25.7 Å². The Bertz CT molecular complexity index is 809. The number of rotatable bonds is 6. The number of hydrogen-bond donors (Lipinski definition) is 0. The third kappa shape index (κ3) is 7.58. The summed E-state index contributed by atoms with van der Waals surface area (Å²) in [7, 11) is 0. The van der Waals surface area contributed by atoms with Crippen molar-refractivity contribution in [3.05, 3.63) is 114 Å². The van der Waals surface area contributed by atoms with Gasteiger partial charge >= 0.3 is 30.0 Å². The van der Waals surface area contributed by atoms with Gasteiger partial charge < -0.3 is 9.57 Å². The van der Waals surface area contributed by atoms with Crippen LogP contribution in [0.1, 0.15) is 22.3 Å². The summed E-state index contributed by atoms with van der Waals surface area (Å²) in [5.74, 6) is 0.458. The van der Waals surface area contributed by atoms with Gasteiger partial charge in [-0.1, -0.05) is 60.7 Å². The predicted octanol–water partition coefficient (Wildman–Crippen LogP) is 5.81. The Labute approximate surface area is 177 Å². The number of ether oxygens (including phenoxy) is 1. The van der Waals surface area contributed by atoms with Gasteiger partial charge in [0.2, 0.25) is 0 Å². The standard InChI is InChI=1S/C22H20NO2.BrH.Zn/c1-18-12-14-21(15-13-18)22(24-16-19-8-4-2-5-9-19)23-25-17-20-10-6-3-7-11-20;;/h2-15H,1,16-17H2;1H;/q-1;;+2/p-1/b23-22-;;. The first-order chi connectivity index (χ1) is 13.3. The molecule has 0 amide bonds. The van der Waals surface area contributed by atoms with Crippen LogP contribution in [0.5, 0.6) is 0 Å². The first-order valence-electron chi connectivity index (χ1n) is 8.41. The minimum atomic E-state index is 0.395. The fraction of sp³-hybridized carbons (Fsp3) is 0.0909. The summed E-state index contributed by atoms with van der Waals surface area (Å²) in [6.07, 6.45) is 0. The second-order valence-corrected chi connectivity index (χ2v) is 5.63. The van der Waals surface area contributed by atoms with E-state index in [4.69, 9.17) is 9.57 Å². The van der Waals surface area contributed by atoms with Crippen LogP contribution >= 0.6 is 13.6 Å². The Hall–Kier alpha value is -2.10. The molecule has 0 aliphatic heterocycles. The zero-order valence-electron chi connectivity index (χ0n) is 15.1. The van der Waals surface area contributed by atoms with Crippen molar-refractivity contribution in [2.75, 3.05) is 0 Å². The van der Waals surface area contributed by atoms with Crippen LogP contribution in [-0.4, -0.2) is 5.90 Å². The molecular weight excluding hydrogens is 456 g/mol. The van der Waals surface area contributed by atoms with Crippen LogP contribution < -0.4 is 0 Å². The van der Waals surface area contributed by atoms with Gasteiger partial charge in [0, 0.05) is 5.56 Å². The second kappa shape index (κ2) is 12.3. The van der Waals surface area contributed by atoms with Crippen molar-refractivity contribution in [2.45, 2.75) is 13.2 Å². The van der Waals surface area contributed by atoms with E-state index in [1.54, 1.807) is 0 Å². The fourth-order valence-electron chi connectivity index (χ4n) is 2.28. The van der Waals surface area contributed by atoms with Crippen LogP contribution in [-0.2, 0) is 39.1 Å². The molecule has 0 bridgehead atoms. The molecule has 3 aromatic rings. The molecule has 27 heavy (non-hydrogen) atoms. The Morgan fingerprint density at radius 3 is 1.85 bits per heavy atom. The zero-order valence-corrected chi connectivity index (χ0v) is 19.6. The van der Waals surface area contributed by atoms with Crippen molar-refractivity contribution >= 4 is 19.5 Å². The van der Waals surface area contributed by atoms with Gasteiger partial charge in [-0.05, 0) is 16.3 Å². The third-order valence-corrected chi connectivity index (χ3v) is 3.64. The third-order valence-electron chi connectivity index (χ3n) is 3.64. The molecule has 0 spiro atoms.